The summed E-state index contributed by atoms with van der Waals surface area (Å²) < 4.78 is 7.38. The molecule has 0 spiro atoms. The number of nitrogens with one attached hydrogen (secondary N) is 1. The first-order valence-corrected chi connectivity index (χ1v) is 8.25. The fraction of sp³-hybridized carbons (Fsp3) is 0.333. The minimum absolute atomic E-state index is 0.217. The van der Waals surface area contributed by atoms with Crippen molar-refractivity contribution in [1.82, 2.24) is 14.8 Å². The molecule has 126 valence electrons. The molecule has 1 N–H and O–H groups in total. The van der Waals surface area contributed by atoms with Crippen LogP contribution in [0.25, 0.3) is 10.9 Å². The molecule has 24 heavy (non-hydrogen) atoms. The van der Waals surface area contributed by atoms with Gasteiger partial charge >= 0.3 is 0 Å². The van der Waals surface area contributed by atoms with Crippen LogP contribution < -0.4 is 10.1 Å². The van der Waals surface area contributed by atoms with Crippen molar-refractivity contribution in [2.45, 2.75) is 33.7 Å². The number of pyridine rings is 1. The van der Waals surface area contributed by atoms with Crippen LogP contribution in [0.5, 0.6) is 5.75 Å². The molecule has 2 aromatic heterocycles. The summed E-state index contributed by atoms with van der Waals surface area (Å²) in [5.74, 6) is 1.61. The van der Waals surface area contributed by atoms with Crippen molar-refractivity contribution in [3.05, 3.63) is 40.7 Å². The molecule has 3 aromatic rings. The van der Waals surface area contributed by atoms with Crippen molar-refractivity contribution in [3.63, 3.8) is 0 Å². The Morgan fingerprint density at radius 3 is 2.67 bits per heavy atom. The molecular formula is C18H21ClN4O. The van der Waals surface area contributed by atoms with Crippen molar-refractivity contribution < 1.29 is 4.74 Å². The Kier molecular flexibility index (Phi) is 4.37. The van der Waals surface area contributed by atoms with E-state index in [0.717, 1.165) is 39.3 Å². The SMILES string of the molecule is COc1ccc(C)c(Nc2nn(C(C)C)c3cc(Cl)ncc23)c1C. The first-order valence-electron chi connectivity index (χ1n) is 7.87. The maximum absolute atomic E-state index is 6.07. The molecule has 0 radical (unpaired) electrons. The number of fused-ring (bicyclic) bond motifs is 1. The van der Waals surface area contributed by atoms with Crippen LogP contribution in [0.15, 0.2) is 24.4 Å². The lowest BCUT2D eigenvalue weighted by molar-refractivity contribution is 0.412. The summed E-state index contributed by atoms with van der Waals surface area (Å²) in [5, 5.41) is 9.59. The molecule has 1 aromatic carbocycles. The number of ether oxygens (including phenoxy) is 1. The van der Waals surface area contributed by atoms with E-state index < -0.39 is 0 Å². The molecule has 0 amide bonds. The molecule has 0 aliphatic carbocycles. The molecule has 6 heteroatoms. The second kappa shape index (κ2) is 6.32. The second-order valence-corrected chi connectivity index (χ2v) is 6.51. The zero-order valence-corrected chi connectivity index (χ0v) is 15.3. The van der Waals surface area contributed by atoms with E-state index in [9.17, 15) is 0 Å². The predicted molar refractivity (Wildman–Crippen MR) is 98.7 cm³/mol. The molecule has 0 saturated heterocycles. The molecule has 0 aliphatic heterocycles. The smallest absolute Gasteiger partial charge is 0.161 e. The highest BCUT2D eigenvalue weighted by atomic mass is 35.5. The molecule has 0 aliphatic rings. The van der Waals surface area contributed by atoms with Gasteiger partial charge in [-0.25, -0.2) is 4.98 Å². The van der Waals surface area contributed by atoms with E-state index in [1.54, 1.807) is 13.3 Å². The third-order valence-electron chi connectivity index (χ3n) is 4.13. The Hall–Kier alpha value is -2.27. The van der Waals surface area contributed by atoms with Gasteiger partial charge in [-0.3, -0.25) is 4.68 Å². The average molecular weight is 345 g/mol. The number of rotatable bonds is 4. The summed E-state index contributed by atoms with van der Waals surface area (Å²) in [6.45, 7) is 8.27. The number of benzene rings is 1. The highest BCUT2D eigenvalue weighted by molar-refractivity contribution is 6.30. The lowest BCUT2D eigenvalue weighted by atomic mass is 10.1. The van der Waals surface area contributed by atoms with Crippen LogP contribution >= 0.6 is 11.6 Å². The minimum atomic E-state index is 0.217. The largest absolute Gasteiger partial charge is 0.496 e. The van der Waals surface area contributed by atoms with Crippen LogP contribution in [-0.4, -0.2) is 21.9 Å². The quantitative estimate of drug-likeness (QED) is 0.674. The number of aryl methyl sites for hydroxylation is 1. The van der Waals surface area contributed by atoms with Crippen molar-refractivity contribution >= 4 is 34.0 Å². The van der Waals surface area contributed by atoms with Crippen LogP contribution in [0.2, 0.25) is 5.15 Å². The van der Waals surface area contributed by atoms with E-state index in [0.29, 0.717) is 5.15 Å². The molecule has 0 saturated carbocycles. The Bertz CT molecular complexity index is 902. The summed E-state index contributed by atoms with van der Waals surface area (Å²) in [4.78, 5) is 4.21. The van der Waals surface area contributed by atoms with Gasteiger partial charge < -0.3 is 10.1 Å². The molecular weight excluding hydrogens is 324 g/mol. The van der Waals surface area contributed by atoms with Crippen LogP contribution in [0.4, 0.5) is 11.5 Å². The van der Waals surface area contributed by atoms with E-state index in [1.165, 1.54) is 0 Å². The van der Waals surface area contributed by atoms with Gasteiger partial charge in [0.2, 0.25) is 0 Å². The average Bonchev–Trinajstić information content (AvgIpc) is 2.89. The predicted octanol–water partition coefficient (Wildman–Crippen LogP) is 5.03. The summed E-state index contributed by atoms with van der Waals surface area (Å²) in [7, 11) is 1.68. The monoisotopic (exact) mass is 344 g/mol. The number of methoxy groups -OCH3 is 1. The lowest BCUT2D eigenvalue weighted by Crippen LogP contribution is -2.04. The highest BCUT2D eigenvalue weighted by Gasteiger charge is 2.16. The fourth-order valence-corrected chi connectivity index (χ4v) is 3.01. The normalized spacial score (nSPS) is 11.3. The summed E-state index contributed by atoms with van der Waals surface area (Å²) in [6.07, 6.45) is 1.76. The molecule has 0 fully saturated rings. The van der Waals surface area contributed by atoms with Gasteiger partial charge in [0.25, 0.3) is 0 Å². The number of halogens is 1. The van der Waals surface area contributed by atoms with Crippen LogP contribution in [-0.2, 0) is 0 Å². The Morgan fingerprint density at radius 2 is 2.00 bits per heavy atom. The van der Waals surface area contributed by atoms with Crippen molar-refractivity contribution in [3.8, 4) is 5.75 Å². The van der Waals surface area contributed by atoms with Crippen LogP contribution in [0, 0.1) is 13.8 Å². The maximum atomic E-state index is 6.07. The third-order valence-corrected chi connectivity index (χ3v) is 4.34. The summed E-state index contributed by atoms with van der Waals surface area (Å²) in [6, 6.07) is 6.07. The van der Waals surface area contributed by atoms with Gasteiger partial charge in [0.1, 0.15) is 10.9 Å². The van der Waals surface area contributed by atoms with E-state index in [-0.39, 0.29) is 6.04 Å². The van der Waals surface area contributed by atoms with Gasteiger partial charge in [0.05, 0.1) is 18.0 Å². The van der Waals surface area contributed by atoms with E-state index in [4.69, 9.17) is 21.4 Å². The molecule has 0 bridgehead atoms. The Balaban J connectivity index is 2.15. The van der Waals surface area contributed by atoms with Crippen molar-refractivity contribution in [2.75, 3.05) is 12.4 Å². The topological polar surface area (TPSA) is 52.0 Å². The molecule has 2 heterocycles. The van der Waals surface area contributed by atoms with Gasteiger partial charge in [0.15, 0.2) is 5.82 Å². The maximum Gasteiger partial charge on any atom is 0.161 e. The zero-order chi connectivity index (χ0) is 17.4. The standard InChI is InChI=1S/C18H21ClN4O/c1-10(2)23-14-8-16(19)20-9-13(14)18(22-23)21-17-11(3)6-7-15(24-5)12(17)4/h6-10H,1-5H3,(H,21,22). The van der Waals surface area contributed by atoms with Crippen molar-refractivity contribution in [2.24, 2.45) is 0 Å². The van der Waals surface area contributed by atoms with Gasteiger partial charge in [-0.2, -0.15) is 5.10 Å². The lowest BCUT2D eigenvalue weighted by Gasteiger charge is -2.14. The molecule has 0 unspecified atom stereocenters. The highest BCUT2D eigenvalue weighted by Crippen LogP contribution is 2.34. The first kappa shape index (κ1) is 16.6. The van der Waals surface area contributed by atoms with Crippen molar-refractivity contribution in [1.29, 1.82) is 0 Å². The van der Waals surface area contributed by atoms with Gasteiger partial charge in [0, 0.05) is 29.6 Å². The number of aromatic nitrogens is 3. The second-order valence-electron chi connectivity index (χ2n) is 6.12. The van der Waals surface area contributed by atoms with Gasteiger partial charge in [-0.1, -0.05) is 17.7 Å². The van der Waals surface area contributed by atoms with Gasteiger partial charge in [-0.05, 0) is 39.3 Å². The Labute approximate surface area is 146 Å². The van der Waals surface area contributed by atoms with E-state index >= 15 is 0 Å². The summed E-state index contributed by atoms with van der Waals surface area (Å²) >= 11 is 6.07. The zero-order valence-electron chi connectivity index (χ0n) is 14.5. The van der Waals surface area contributed by atoms with E-state index in [2.05, 4.69) is 31.1 Å². The van der Waals surface area contributed by atoms with Gasteiger partial charge in [-0.15, -0.1) is 0 Å². The van der Waals surface area contributed by atoms with Crippen LogP contribution in [0.1, 0.15) is 31.0 Å². The minimum Gasteiger partial charge on any atom is -0.496 e. The number of nitrogens with zero attached hydrogens (tertiary/aromatic N) is 3. The molecule has 0 atom stereocenters. The number of hydrogen-bond acceptors (Lipinski definition) is 4. The summed E-state index contributed by atoms with van der Waals surface area (Å²) in [5.41, 5.74) is 4.14. The van der Waals surface area contributed by atoms with Crippen LogP contribution in [0.3, 0.4) is 0 Å². The Morgan fingerprint density at radius 1 is 1.25 bits per heavy atom. The number of hydrogen-bond donors (Lipinski definition) is 1. The van der Waals surface area contributed by atoms with E-state index in [1.807, 2.05) is 29.8 Å². The molecule has 3 rings (SSSR count). The number of anilines is 2. The molecule has 5 nitrogen and oxygen atoms in total. The third kappa shape index (κ3) is 2.80. The first-order chi connectivity index (χ1) is 11.4. The fourth-order valence-electron chi connectivity index (χ4n) is 2.85.